The third-order valence-corrected chi connectivity index (χ3v) is 2.70. The van der Waals surface area contributed by atoms with Gasteiger partial charge in [0, 0.05) is 20.2 Å². The Balaban J connectivity index is 2.44. The van der Waals surface area contributed by atoms with Gasteiger partial charge < -0.3 is 15.0 Å². The Labute approximate surface area is 117 Å². The summed E-state index contributed by atoms with van der Waals surface area (Å²) in [5.41, 5.74) is 6.63. The number of ether oxygens (including phenoxy) is 1. The van der Waals surface area contributed by atoms with Crippen LogP contribution < -0.4 is 10.6 Å². The summed E-state index contributed by atoms with van der Waals surface area (Å²) in [6.07, 6.45) is 1.15. The third kappa shape index (κ3) is 2.66. The average Bonchev–Trinajstić information content (AvgIpc) is 2.67. The predicted molar refractivity (Wildman–Crippen MR) is 77.6 cm³/mol. The van der Waals surface area contributed by atoms with Gasteiger partial charge in [-0.1, -0.05) is 0 Å². The van der Waals surface area contributed by atoms with Crippen molar-refractivity contribution in [2.24, 2.45) is 7.05 Å². The quantitative estimate of drug-likeness (QED) is 0.860. The van der Waals surface area contributed by atoms with E-state index in [-0.39, 0.29) is 0 Å². The van der Waals surface area contributed by atoms with Crippen LogP contribution in [-0.2, 0) is 11.8 Å². The van der Waals surface area contributed by atoms with Crippen molar-refractivity contribution in [2.75, 3.05) is 17.7 Å². The van der Waals surface area contributed by atoms with E-state index in [2.05, 4.69) is 9.97 Å². The van der Waals surface area contributed by atoms with Gasteiger partial charge in [-0.05, 0) is 20.8 Å². The SMILES string of the molecule is CN(C(=O)OC(C)(C)C)c1nc(N)cc2c1ncn2C. The summed E-state index contributed by atoms with van der Waals surface area (Å²) >= 11 is 0. The molecule has 2 aromatic rings. The number of pyridine rings is 1. The summed E-state index contributed by atoms with van der Waals surface area (Å²) in [7, 11) is 3.44. The third-order valence-electron chi connectivity index (χ3n) is 2.70. The van der Waals surface area contributed by atoms with Gasteiger partial charge in [0.25, 0.3) is 0 Å². The van der Waals surface area contributed by atoms with Crippen LogP contribution in [-0.4, -0.2) is 33.3 Å². The highest BCUT2D eigenvalue weighted by molar-refractivity contribution is 5.97. The highest BCUT2D eigenvalue weighted by Crippen LogP contribution is 2.25. The number of nitrogens with zero attached hydrogens (tertiary/aromatic N) is 4. The van der Waals surface area contributed by atoms with Crippen LogP contribution in [0.3, 0.4) is 0 Å². The molecule has 0 fully saturated rings. The van der Waals surface area contributed by atoms with Gasteiger partial charge in [-0.15, -0.1) is 0 Å². The van der Waals surface area contributed by atoms with Crippen LogP contribution in [0.4, 0.5) is 16.4 Å². The lowest BCUT2D eigenvalue weighted by Crippen LogP contribution is -2.34. The Morgan fingerprint density at radius 2 is 2.10 bits per heavy atom. The molecule has 0 saturated carbocycles. The van der Waals surface area contributed by atoms with Crippen molar-refractivity contribution in [2.45, 2.75) is 26.4 Å². The molecule has 0 aromatic carbocycles. The standard InChI is InChI=1S/C13H19N5O2/c1-13(2,3)20-12(19)18(5)11-10-8(6-9(14)16-11)17(4)7-15-10/h6-7H,1-5H3,(H2,14,16). The number of fused-ring (bicyclic) bond motifs is 1. The lowest BCUT2D eigenvalue weighted by molar-refractivity contribution is 0.0588. The number of hydrogen-bond donors (Lipinski definition) is 1. The van der Waals surface area contributed by atoms with Crippen molar-refractivity contribution in [3.63, 3.8) is 0 Å². The Hall–Kier alpha value is -2.31. The summed E-state index contributed by atoms with van der Waals surface area (Å²) < 4.78 is 7.14. The normalized spacial score (nSPS) is 11.7. The number of imidazole rings is 1. The maximum absolute atomic E-state index is 12.1. The fraction of sp³-hybridized carbons (Fsp3) is 0.462. The Bertz CT molecular complexity index is 657. The van der Waals surface area contributed by atoms with E-state index in [0.717, 1.165) is 5.52 Å². The molecule has 2 heterocycles. The number of nitrogen functional groups attached to an aromatic ring is 1. The Morgan fingerprint density at radius 3 is 2.70 bits per heavy atom. The van der Waals surface area contributed by atoms with E-state index in [0.29, 0.717) is 17.2 Å². The van der Waals surface area contributed by atoms with Crippen molar-refractivity contribution in [3.8, 4) is 0 Å². The molecular weight excluding hydrogens is 258 g/mol. The van der Waals surface area contributed by atoms with Crippen LogP contribution in [0.25, 0.3) is 11.0 Å². The molecule has 0 aliphatic heterocycles. The second kappa shape index (κ2) is 4.66. The Kier molecular flexibility index (Phi) is 3.29. The minimum absolute atomic E-state index is 0.325. The molecule has 0 saturated heterocycles. The molecule has 0 radical (unpaired) electrons. The average molecular weight is 277 g/mol. The van der Waals surface area contributed by atoms with E-state index in [1.54, 1.807) is 19.4 Å². The molecule has 0 bridgehead atoms. The van der Waals surface area contributed by atoms with Gasteiger partial charge in [0.15, 0.2) is 5.82 Å². The van der Waals surface area contributed by atoms with Crippen LogP contribution in [0.5, 0.6) is 0 Å². The van der Waals surface area contributed by atoms with Gasteiger partial charge in [0.1, 0.15) is 16.9 Å². The van der Waals surface area contributed by atoms with Crippen molar-refractivity contribution >= 4 is 28.8 Å². The van der Waals surface area contributed by atoms with Crippen LogP contribution in [0.1, 0.15) is 20.8 Å². The first kappa shape index (κ1) is 14.1. The van der Waals surface area contributed by atoms with Gasteiger partial charge in [-0.25, -0.2) is 14.8 Å². The number of amides is 1. The second-order valence-corrected chi connectivity index (χ2v) is 5.63. The van der Waals surface area contributed by atoms with E-state index in [9.17, 15) is 4.79 Å². The minimum atomic E-state index is -0.575. The van der Waals surface area contributed by atoms with E-state index in [4.69, 9.17) is 10.5 Å². The number of nitrogens with two attached hydrogens (primary N) is 1. The molecule has 0 atom stereocenters. The topological polar surface area (TPSA) is 86.3 Å². The van der Waals surface area contributed by atoms with Crippen molar-refractivity contribution < 1.29 is 9.53 Å². The number of carbonyl (C=O) groups excluding carboxylic acids is 1. The summed E-state index contributed by atoms with van der Waals surface area (Å²) in [6.45, 7) is 5.42. The van der Waals surface area contributed by atoms with Crippen LogP contribution in [0.2, 0.25) is 0 Å². The predicted octanol–water partition coefficient (Wildman–Crippen LogP) is 1.92. The first-order chi connectivity index (χ1) is 9.19. The molecule has 108 valence electrons. The molecular formula is C13H19N5O2. The van der Waals surface area contributed by atoms with Gasteiger partial charge in [-0.3, -0.25) is 4.90 Å². The second-order valence-electron chi connectivity index (χ2n) is 5.63. The molecule has 2 rings (SSSR count). The first-order valence-corrected chi connectivity index (χ1v) is 6.23. The number of aryl methyl sites for hydroxylation is 1. The maximum atomic E-state index is 12.1. The molecule has 0 spiro atoms. The number of carbonyl (C=O) groups is 1. The highest BCUT2D eigenvalue weighted by Gasteiger charge is 2.24. The van der Waals surface area contributed by atoms with Crippen molar-refractivity contribution in [1.29, 1.82) is 0 Å². The summed E-state index contributed by atoms with van der Waals surface area (Å²) in [5.74, 6) is 0.710. The summed E-state index contributed by atoms with van der Waals surface area (Å²) in [5, 5.41) is 0. The molecule has 7 nitrogen and oxygen atoms in total. The van der Waals surface area contributed by atoms with E-state index >= 15 is 0 Å². The smallest absolute Gasteiger partial charge is 0.415 e. The number of rotatable bonds is 1. The summed E-state index contributed by atoms with van der Waals surface area (Å²) in [6, 6.07) is 1.72. The summed E-state index contributed by atoms with van der Waals surface area (Å²) in [4.78, 5) is 21.9. The zero-order valence-electron chi connectivity index (χ0n) is 12.3. The molecule has 2 N–H and O–H groups in total. The Morgan fingerprint density at radius 1 is 1.45 bits per heavy atom. The highest BCUT2D eigenvalue weighted by atomic mass is 16.6. The molecule has 0 unspecified atom stereocenters. The van der Waals surface area contributed by atoms with E-state index in [1.807, 2.05) is 32.4 Å². The van der Waals surface area contributed by atoms with Gasteiger partial charge >= 0.3 is 6.09 Å². The van der Waals surface area contributed by atoms with Gasteiger partial charge in [0.05, 0.1) is 11.8 Å². The molecule has 2 aromatic heterocycles. The van der Waals surface area contributed by atoms with Crippen LogP contribution >= 0.6 is 0 Å². The molecule has 0 aliphatic rings. The fourth-order valence-electron chi connectivity index (χ4n) is 1.78. The van der Waals surface area contributed by atoms with Crippen molar-refractivity contribution in [3.05, 3.63) is 12.4 Å². The zero-order valence-corrected chi connectivity index (χ0v) is 12.3. The number of anilines is 2. The number of aromatic nitrogens is 3. The zero-order chi connectivity index (χ0) is 15.1. The molecule has 20 heavy (non-hydrogen) atoms. The van der Waals surface area contributed by atoms with Crippen LogP contribution in [0, 0.1) is 0 Å². The monoisotopic (exact) mass is 277 g/mol. The largest absolute Gasteiger partial charge is 0.443 e. The first-order valence-electron chi connectivity index (χ1n) is 6.23. The van der Waals surface area contributed by atoms with E-state index in [1.165, 1.54) is 4.90 Å². The maximum Gasteiger partial charge on any atom is 0.415 e. The fourth-order valence-corrected chi connectivity index (χ4v) is 1.78. The van der Waals surface area contributed by atoms with Crippen molar-refractivity contribution in [1.82, 2.24) is 14.5 Å². The van der Waals surface area contributed by atoms with Gasteiger partial charge in [0.2, 0.25) is 0 Å². The lowest BCUT2D eigenvalue weighted by atomic mass is 10.2. The molecule has 7 heteroatoms. The minimum Gasteiger partial charge on any atom is -0.443 e. The van der Waals surface area contributed by atoms with Crippen LogP contribution in [0.15, 0.2) is 12.4 Å². The number of hydrogen-bond acceptors (Lipinski definition) is 5. The molecule has 0 aliphatic carbocycles. The van der Waals surface area contributed by atoms with E-state index < -0.39 is 11.7 Å². The lowest BCUT2D eigenvalue weighted by Gasteiger charge is -2.24. The van der Waals surface area contributed by atoms with Gasteiger partial charge in [-0.2, -0.15) is 0 Å². The molecule has 1 amide bonds.